The molecule has 3 unspecified atom stereocenters. The molecule has 2 saturated heterocycles. The first-order valence-corrected chi connectivity index (χ1v) is 10.6. The van der Waals surface area contributed by atoms with Crippen molar-refractivity contribution in [1.82, 2.24) is 4.90 Å². The highest BCUT2D eigenvalue weighted by Crippen LogP contribution is 2.58. The Morgan fingerprint density at radius 2 is 1.90 bits per heavy atom. The first-order valence-electron chi connectivity index (χ1n) is 10.2. The SMILES string of the molecule is CCOC(=O)C1C2COc3ccccc3C2N2C(=O)N(c3ccc(Cl)cc3)C(=O)[C@@]12C. The van der Waals surface area contributed by atoms with Crippen LogP contribution in [0.4, 0.5) is 10.5 Å². The standard InChI is InChI=1S/C23H21ClN2O5/c1-3-30-20(27)18-16-12-31-17-7-5-4-6-15(17)19(16)26-22(29)25(21(28)23(18,26)2)14-10-8-13(24)9-11-14/h4-11,16,18-19H,3,12H2,1-2H3/t16?,18?,19?,23-/m1/s1. The number of rotatable bonds is 3. The van der Waals surface area contributed by atoms with E-state index in [0.29, 0.717) is 16.5 Å². The van der Waals surface area contributed by atoms with Crippen LogP contribution in [0.15, 0.2) is 48.5 Å². The molecule has 0 radical (unpaired) electrons. The van der Waals surface area contributed by atoms with Crippen LogP contribution >= 0.6 is 11.6 Å². The van der Waals surface area contributed by atoms with E-state index in [2.05, 4.69) is 0 Å². The van der Waals surface area contributed by atoms with E-state index in [1.54, 1.807) is 43.0 Å². The molecule has 31 heavy (non-hydrogen) atoms. The molecular formula is C23H21ClN2O5. The lowest BCUT2D eigenvalue weighted by molar-refractivity contribution is -0.154. The number of urea groups is 1. The molecule has 7 nitrogen and oxygen atoms in total. The van der Waals surface area contributed by atoms with E-state index < -0.39 is 35.4 Å². The fourth-order valence-electron chi connectivity index (χ4n) is 5.26. The van der Waals surface area contributed by atoms with Gasteiger partial charge in [-0.2, -0.15) is 0 Å². The summed E-state index contributed by atoms with van der Waals surface area (Å²) in [4.78, 5) is 43.2. The molecule has 0 N–H and O–H groups in total. The van der Waals surface area contributed by atoms with E-state index in [0.717, 1.165) is 10.5 Å². The molecule has 5 rings (SSSR count). The Bertz CT molecular complexity index is 1090. The van der Waals surface area contributed by atoms with E-state index in [1.165, 1.54) is 0 Å². The number of para-hydroxylation sites is 1. The number of carbonyl (C=O) groups excluding carboxylic acids is 3. The number of halogens is 1. The largest absolute Gasteiger partial charge is 0.493 e. The smallest absolute Gasteiger partial charge is 0.332 e. The van der Waals surface area contributed by atoms with Gasteiger partial charge < -0.3 is 14.4 Å². The Kier molecular flexibility index (Phi) is 4.48. The van der Waals surface area contributed by atoms with E-state index >= 15 is 0 Å². The maximum atomic E-state index is 13.8. The van der Waals surface area contributed by atoms with Crippen LogP contribution in [0.1, 0.15) is 25.5 Å². The average molecular weight is 441 g/mol. The van der Waals surface area contributed by atoms with E-state index in [4.69, 9.17) is 21.1 Å². The van der Waals surface area contributed by atoms with Crippen molar-refractivity contribution >= 4 is 35.2 Å². The summed E-state index contributed by atoms with van der Waals surface area (Å²) >= 11 is 5.99. The number of imide groups is 1. The van der Waals surface area contributed by atoms with E-state index in [9.17, 15) is 14.4 Å². The number of hydrogen-bond donors (Lipinski definition) is 0. The molecule has 0 bridgehead atoms. The molecule has 3 heterocycles. The van der Waals surface area contributed by atoms with Crippen molar-refractivity contribution in [3.63, 3.8) is 0 Å². The Hall–Kier alpha value is -3.06. The zero-order chi connectivity index (χ0) is 21.9. The first kappa shape index (κ1) is 19.9. The summed E-state index contributed by atoms with van der Waals surface area (Å²) in [6.07, 6.45) is 0. The van der Waals surface area contributed by atoms with Crippen LogP contribution < -0.4 is 9.64 Å². The third-order valence-corrected chi connectivity index (χ3v) is 6.80. The fraction of sp³-hybridized carbons (Fsp3) is 0.348. The van der Waals surface area contributed by atoms with Gasteiger partial charge in [0.05, 0.1) is 30.9 Å². The molecular weight excluding hydrogens is 420 g/mol. The Morgan fingerprint density at radius 1 is 1.19 bits per heavy atom. The minimum atomic E-state index is -1.39. The first-order chi connectivity index (χ1) is 14.9. The van der Waals surface area contributed by atoms with Crippen molar-refractivity contribution in [2.45, 2.75) is 25.4 Å². The maximum absolute atomic E-state index is 13.8. The van der Waals surface area contributed by atoms with Crippen LogP contribution in [0.5, 0.6) is 5.75 Å². The van der Waals surface area contributed by atoms with Crippen LogP contribution in [-0.4, -0.2) is 41.6 Å². The molecule has 4 atom stereocenters. The number of ether oxygens (including phenoxy) is 2. The number of nitrogens with zero attached hydrogens (tertiary/aromatic N) is 2. The van der Waals surface area contributed by atoms with Crippen molar-refractivity contribution in [2.75, 3.05) is 18.1 Å². The minimum Gasteiger partial charge on any atom is -0.493 e. The van der Waals surface area contributed by atoms with Crippen molar-refractivity contribution in [3.8, 4) is 5.75 Å². The van der Waals surface area contributed by atoms with Crippen LogP contribution in [-0.2, 0) is 14.3 Å². The van der Waals surface area contributed by atoms with Gasteiger partial charge in [-0.25, -0.2) is 9.69 Å². The van der Waals surface area contributed by atoms with Gasteiger partial charge in [0.2, 0.25) is 0 Å². The number of anilines is 1. The zero-order valence-corrected chi connectivity index (χ0v) is 17.8. The normalized spacial score (nSPS) is 28.7. The van der Waals surface area contributed by atoms with Gasteiger partial charge in [0.1, 0.15) is 11.3 Å². The lowest BCUT2D eigenvalue weighted by atomic mass is 9.77. The lowest BCUT2D eigenvalue weighted by Crippen LogP contribution is -2.51. The molecule has 0 aliphatic carbocycles. The van der Waals surface area contributed by atoms with Crippen LogP contribution in [0.3, 0.4) is 0 Å². The minimum absolute atomic E-state index is 0.184. The molecule has 0 saturated carbocycles. The average Bonchev–Trinajstić information content (AvgIpc) is 3.14. The topological polar surface area (TPSA) is 76.2 Å². The monoisotopic (exact) mass is 440 g/mol. The molecule has 8 heteroatoms. The number of benzene rings is 2. The highest BCUT2D eigenvalue weighted by atomic mass is 35.5. The van der Waals surface area contributed by atoms with Crippen LogP contribution in [0.25, 0.3) is 0 Å². The van der Waals surface area contributed by atoms with Crippen molar-refractivity contribution < 1.29 is 23.9 Å². The number of amides is 3. The number of esters is 1. The highest BCUT2D eigenvalue weighted by molar-refractivity contribution is 6.31. The molecule has 3 aliphatic heterocycles. The van der Waals surface area contributed by atoms with E-state index in [1.807, 2.05) is 24.3 Å². The lowest BCUT2D eigenvalue weighted by Gasteiger charge is -2.34. The van der Waals surface area contributed by atoms with Crippen molar-refractivity contribution in [2.24, 2.45) is 11.8 Å². The van der Waals surface area contributed by atoms with Gasteiger partial charge in [0.25, 0.3) is 5.91 Å². The van der Waals surface area contributed by atoms with Gasteiger partial charge in [-0.3, -0.25) is 9.59 Å². The zero-order valence-electron chi connectivity index (χ0n) is 17.1. The quantitative estimate of drug-likeness (QED) is 0.536. The molecule has 2 aromatic carbocycles. The van der Waals surface area contributed by atoms with Gasteiger partial charge in [-0.05, 0) is 44.2 Å². The fourth-order valence-corrected chi connectivity index (χ4v) is 5.38. The molecule has 3 amide bonds. The summed E-state index contributed by atoms with van der Waals surface area (Å²) < 4.78 is 11.3. The molecule has 3 aliphatic rings. The molecule has 2 fully saturated rings. The van der Waals surface area contributed by atoms with Crippen molar-refractivity contribution in [1.29, 1.82) is 0 Å². The van der Waals surface area contributed by atoms with Crippen LogP contribution in [0.2, 0.25) is 5.02 Å². The predicted molar refractivity (Wildman–Crippen MR) is 113 cm³/mol. The molecule has 0 spiro atoms. The summed E-state index contributed by atoms with van der Waals surface area (Å²) in [5, 5.41) is 0.498. The van der Waals surface area contributed by atoms with Gasteiger partial charge in [-0.1, -0.05) is 29.8 Å². The third kappa shape index (κ3) is 2.62. The second-order valence-electron chi connectivity index (χ2n) is 8.10. The van der Waals surface area contributed by atoms with Gasteiger partial charge in [0.15, 0.2) is 0 Å². The maximum Gasteiger partial charge on any atom is 0.332 e. The van der Waals surface area contributed by atoms with Crippen LogP contribution in [0, 0.1) is 11.8 Å². The van der Waals surface area contributed by atoms with Crippen molar-refractivity contribution in [3.05, 3.63) is 59.1 Å². The Balaban J connectivity index is 1.67. The summed E-state index contributed by atoms with van der Waals surface area (Å²) in [6, 6.07) is 13.0. The Morgan fingerprint density at radius 3 is 2.61 bits per heavy atom. The number of carbonyl (C=O) groups is 3. The summed E-state index contributed by atoms with van der Waals surface area (Å²) in [5.41, 5.74) is -0.190. The Labute approximate surface area is 184 Å². The summed E-state index contributed by atoms with van der Waals surface area (Å²) in [6.45, 7) is 3.78. The van der Waals surface area contributed by atoms with Gasteiger partial charge in [-0.15, -0.1) is 0 Å². The summed E-state index contributed by atoms with van der Waals surface area (Å²) in [7, 11) is 0. The van der Waals surface area contributed by atoms with Gasteiger partial charge in [0, 0.05) is 16.5 Å². The number of hydrogen-bond acceptors (Lipinski definition) is 5. The van der Waals surface area contributed by atoms with E-state index in [-0.39, 0.29) is 19.1 Å². The number of fused-ring (bicyclic) bond motifs is 5. The van der Waals surface area contributed by atoms with Gasteiger partial charge >= 0.3 is 12.0 Å². The molecule has 160 valence electrons. The predicted octanol–water partition coefficient (Wildman–Crippen LogP) is 3.81. The molecule has 2 aromatic rings. The third-order valence-electron chi connectivity index (χ3n) is 6.55. The summed E-state index contributed by atoms with van der Waals surface area (Å²) in [5.74, 6) is -1.53. The second kappa shape index (κ2) is 6.99. The second-order valence-corrected chi connectivity index (χ2v) is 8.54. The molecule has 0 aromatic heterocycles. The highest BCUT2D eigenvalue weighted by Gasteiger charge is 2.72.